The van der Waals surface area contributed by atoms with Crippen LogP contribution in [0.4, 0.5) is 4.39 Å². The Morgan fingerprint density at radius 1 is 1.07 bits per heavy atom. The lowest BCUT2D eigenvalue weighted by Gasteiger charge is -2.31. The van der Waals surface area contributed by atoms with E-state index in [4.69, 9.17) is 0 Å². The highest BCUT2D eigenvalue weighted by atomic mass is 32.2. The molecule has 0 bridgehead atoms. The van der Waals surface area contributed by atoms with Gasteiger partial charge >= 0.3 is 0 Å². The summed E-state index contributed by atoms with van der Waals surface area (Å²) in [5.41, 5.74) is 2.05. The Bertz CT molecular complexity index is 717. The molecule has 0 aliphatic carbocycles. The number of nitrogens with one attached hydrogen (secondary N) is 1. The molecular formula is C22H27FN2OS. The lowest BCUT2D eigenvalue weighted by Crippen LogP contribution is -2.40. The molecule has 5 heteroatoms. The number of piperidine rings is 1. The van der Waals surface area contributed by atoms with Gasteiger partial charge in [0.25, 0.3) is 0 Å². The molecule has 0 saturated carbocycles. The van der Waals surface area contributed by atoms with Crippen molar-refractivity contribution in [1.82, 2.24) is 10.2 Å². The molecule has 2 aromatic carbocycles. The number of hydrogen-bond donors (Lipinski definition) is 1. The second kappa shape index (κ2) is 10.5. The number of hydrogen-bond acceptors (Lipinski definition) is 3. The average molecular weight is 387 g/mol. The summed E-state index contributed by atoms with van der Waals surface area (Å²) in [6.07, 6.45) is 1.69. The third-order valence-electron chi connectivity index (χ3n) is 4.97. The zero-order valence-electron chi connectivity index (χ0n) is 15.6. The minimum Gasteiger partial charge on any atom is -0.355 e. The smallest absolute Gasteiger partial charge is 0.223 e. The van der Waals surface area contributed by atoms with Crippen LogP contribution >= 0.6 is 11.8 Å². The highest BCUT2D eigenvalue weighted by Crippen LogP contribution is 2.20. The molecule has 0 aromatic heterocycles. The van der Waals surface area contributed by atoms with Gasteiger partial charge in [0.05, 0.1) is 0 Å². The maximum Gasteiger partial charge on any atom is 0.223 e. The molecule has 1 saturated heterocycles. The van der Waals surface area contributed by atoms with Gasteiger partial charge in [-0.3, -0.25) is 9.69 Å². The molecule has 1 fully saturated rings. The molecule has 1 amide bonds. The molecule has 1 N–H and O–H groups in total. The van der Waals surface area contributed by atoms with Crippen LogP contribution in [0.3, 0.4) is 0 Å². The van der Waals surface area contributed by atoms with Crippen molar-refractivity contribution >= 4 is 17.7 Å². The van der Waals surface area contributed by atoms with Gasteiger partial charge in [0.1, 0.15) is 5.82 Å². The van der Waals surface area contributed by atoms with Crippen LogP contribution in [0.25, 0.3) is 0 Å². The van der Waals surface area contributed by atoms with Gasteiger partial charge in [-0.25, -0.2) is 4.39 Å². The number of rotatable bonds is 8. The van der Waals surface area contributed by atoms with Crippen molar-refractivity contribution in [3.05, 3.63) is 71.5 Å². The minimum atomic E-state index is -0.148. The summed E-state index contributed by atoms with van der Waals surface area (Å²) < 4.78 is 13.8. The highest BCUT2D eigenvalue weighted by Gasteiger charge is 2.25. The zero-order chi connectivity index (χ0) is 18.9. The molecule has 0 spiro atoms. The first-order valence-corrected chi connectivity index (χ1v) is 10.7. The largest absolute Gasteiger partial charge is 0.355 e. The normalized spacial score (nSPS) is 15.6. The second-order valence-electron chi connectivity index (χ2n) is 6.97. The average Bonchev–Trinajstić information content (AvgIpc) is 2.71. The first-order chi connectivity index (χ1) is 13.2. The van der Waals surface area contributed by atoms with Crippen molar-refractivity contribution in [2.24, 2.45) is 5.92 Å². The summed E-state index contributed by atoms with van der Waals surface area (Å²) in [6, 6.07) is 17.3. The zero-order valence-corrected chi connectivity index (χ0v) is 16.4. The topological polar surface area (TPSA) is 32.3 Å². The first-order valence-electron chi connectivity index (χ1n) is 9.57. The first kappa shape index (κ1) is 19.9. The van der Waals surface area contributed by atoms with Crippen LogP contribution in [-0.2, 0) is 17.1 Å². The van der Waals surface area contributed by atoms with Gasteiger partial charge in [0.2, 0.25) is 5.91 Å². The number of thioether (sulfide) groups is 1. The molecule has 3 nitrogen and oxygen atoms in total. The van der Waals surface area contributed by atoms with Crippen LogP contribution in [0.5, 0.6) is 0 Å². The Balaban J connectivity index is 1.31. The fourth-order valence-corrected chi connectivity index (χ4v) is 4.19. The van der Waals surface area contributed by atoms with Crippen molar-refractivity contribution in [2.75, 3.05) is 25.4 Å². The van der Waals surface area contributed by atoms with E-state index in [9.17, 15) is 9.18 Å². The van der Waals surface area contributed by atoms with Gasteiger partial charge in [-0.15, -0.1) is 0 Å². The predicted molar refractivity (Wildman–Crippen MR) is 110 cm³/mol. The standard InChI is InChI=1S/C22H27FN2OS/c23-21-9-5-4-8-20(21)16-25-13-10-19(11-14-25)22(26)24-12-15-27-17-18-6-2-1-3-7-18/h1-9,19H,10-17H2,(H,24,26). The fourth-order valence-electron chi connectivity index (χ4n) is 3.38. The van der Waals surface area contributed by atoms with E-state index in [0.29, 0.717) is 13.1 Å². The summed E-state index contributed by atoms with van der Waals surface area (Å²) in [7, 11) is 0. The van der Waals surface area contributed by atoms with E-state index < -0.39 is 0 Å². The predicted octanol–water partition coefficient (Wildman–Crippen LogP) is 4.09. The third-order valence-corrected chi connectivity index (χ3v) is 6.00. The molecule has 1 aliphatic heterocycles. The van der Waals surface area contributed by atoms with E-state index in [2.05, 4.69) is 34.5 Å². The Labute approximate surface area is 165 Å². The van der Waals surface area contributed by atoms with Crippen LogP contribution < -0.4 is 5.32 Å². The van der Waals surface area contributed by atoms with Crippen LogP contribution in [0, 0.1) is 11.7 Å². The fraction of sp³-hybridized carbons (Fsp3) is 0.409. The van der Waals surface area contributed by atoms with E-state index in [0.717, 1.165) is 43.0 Å². The molecular weight excluding hydrogens is 359 g/mol. The molecule has 27 heavy (non-hydrogen) atoms. The highest BCUT2D eigenvalue weighted by molar-refractivity contribution is 7.98. The van der Waals surface area contributed by atoms with Crippen molar-refractivity contribution < 1.29 is 9.18 Å². The van der Waals surface area contributed by atoms with Crippen LogP contribution in [0.2, 0.25) is 0 Å². The SMILES string of the molecule is O=C(NCCSCc1ccccc1)C1CCN(Cc2ccccc2F)CC1. The van der Waals surface area contributed by atoms with Gasteiger partial charge in [-0.1, -0.05) is 48.5 Å². The maximum absolute atomic E-state index is 13.8. The molecule has 0 radical (unpaired) electrons. The number of carbonyl (C=O) groups is 1. The number of carbonyl (C=O) groups excluding carboxylic acids is 1. The maximum atomic E-state index is 13.8. The summed E-state index contributed by atoms with van der Waals surface area (Å²) in [5, 5.41) is 3.07. The number of amides is 1. The lowest BCUT2D eigenvalue weighted by atomic mass is 9.95. The number of benzene rings is 2. The molecule has 144 valence electrons. The Morgan fingerprint density at radius 3 is 2.52 bits per heavy atom. The van der Waals surface area contributed by atoms with E-state index in [1.807, 2.05) is 30.0 Å². The van der Waals surface area contributed by atoms with E-state index >= 15 is 0 Å². The third kappa shape index (κ3) is 6.36. The summed E-state index contributed by atoms with van der Waals surface area (Å²) in [4.78, 5) is 14.6. The van der Waals surface area contributed by atoms with Crippen LogP contribution in [0.15, 0.2) is 54.6 Å². The van der Waals surface area contributed by atoms with Gasteiger partial charge in [0, 0.05) is 36.1 Å². The van der Waals surface area contributed by atoms with Crippen molar-refractivity contribution in [3.63, 3.8) is 0 Å². The monoisotopic (exact) mass is 386 g/mol. The van der Waals surface area contributed by atoms with Crippen LogP contribution in [-0.4, -0.2) is 36.2 Å². The van der Waals surface area contributed by atoms with Crippen LogP contribution in [0.1, 0.15) is 24.0 Å². The molecule has 1 heterocycles. The Hall–Kier alpha value is -1.85. The summed E-state index contributed by atoms with van der Waals surface area (Å²) in [5.74, 6) is 2.00. The van der Waals surface area contributed by atoms with Crippen molar-refractivity contribution in [3.8, 4) is 0 Å². The molecule has 2 aromatic rings. The van der Waals surface area contributed by atoms with E-state index in [1.54, 1.807) is 6.07 Å². The molecule has 3 rings (SSSR count). The summed E-state index contributed by atoms with van der Waals surface area (Å²) in [6.45, 7) is 3.02. The number of halogens is 1. The lowest BCUT2D eigenvalue weighted by molar-refractivity contribution is -0.126. The minimum absolute atomic E-state index is 0.0843. The quantitative estimate of drug-likeness (QED) is 0.694. The van der Waals surface area contributed by atoms with Gasteiger partial charge in [-0.2, -0.15) is 11.8 Å². The van der Waals surface area contributed by atoms with Crippen molar-refractivity contribution in [1.29, 1.82) is 0 Å². The second-order valence-corrected chi connectivity index (χ2v) is 8.08. The van der Waals surface area contributed by atoms with Gasteiger partial charge in [0.15, 0.2) is 0 Å². The van der Waals surface area contributed by atoms with E-state index in [1.165, 1.54) is 11.6 Å². The van der Waals surface area contributed by atoms with Gasteiger partial charge in [-0.05, 0) is 37.6 Å². The summed E-state index contributed by atoms with van der Waals surface area (Å²) >= 11 is 1.84. The Kier molecular flexibility index (Phi) is 7.72. The molecule has 0 unspecified atom stereocenters. The van der Waals surface area contributed by atoms with Crippen molar-refractivity contribution in [2.45, 2.75) is 25.1 Å². The van der Waals surface area contributed by atoms with E-state index in [-0.39, 0.29) is 17.6 Å². The number of nitrogens with zero attached hydrogens (tertiary/aromatic N) is 1. The number of likely N-dealkylation sites (tertiary alicyclic amines) is 1. The molecule has 1 aliphatic rings. The van der Waals surface area contributed by atoms with Gasteiger partial charge < -0.3 is 5.32 Å². The Morgan fingerprint density at radius 2 is 1.78 bits per heavy atom. The molecule has 0 atom stereocenters.